The molecule has 27 heavy (non-hydrogen) atoms. The summed E-state index contributed by atoms with van der Waals surface area (Å²) in [5, 5.41) is 7.13. The predicted molar refractivity (Wildman–Crippen MR) is 108 cm³/mol. The lowest BCUT2D eigenvalue weighted by Crippen LogP contribution is -2.28. The molecule has 0 aliphatic rings. The number of ether oxygens (including phenoxy) is 1. The monoisotopic (exact) mass is 422 g/mol. The average Bonchev–Trinajstić information content (AvgIpc) is 2.66. The Morgan fingerprint density at radius 3 is 2.67 bits per heavy atom. The zero-order valence-electron chi connectivity index (χ0n) is 13.7. The molecule has 0 saturated heterocycles. The van der Waals surface area contributed by atoms with Gasteiger partial charge in [-0.2, -0.15) is 4.39 Å². The molecule has 1 aromatic carbocycles. The summed E-state index contributed by atoms with van der Waals surface area (Å²) in [6.07, 6.45) is 2.89. The molecular formula is C18H13Cl2FN4OS. The van der Waals surface area contributed by atoms with Crippen LogP contribution in [0, 0.1) is 5.95 Å². The minimum atomic E-state index is -0.713. The molecule has 0 aliphatic heterocycles. The van der Waals surface area contributed by atoms with Crippen LogP contribution in [0.25, 0.3) is 0 Å². The molecule has 3 aromatic rings. The minimum Gasteiger partial charge on any atom is -0.434 e. The summed E-state index contributed by atoms with van der Waals surface area (Å²) >= 11 is 17.4. The van der Waals surface area contributed by atoms with E-state index >= 15 is 0 Å². The molecule has 0 aliphatic carbocycles. The van der Waals surface area contributed by atoms with E-state index in [1.54, 1.807) is 42.6 Å². The highest BCUT2D eigenvalue weighted by atomic mass is 35.5. The van der Waals surface area contributed by atoms with Crippen molar-refractivity contribution in [2.24, 2.45) is 0 Å². The molecular weight excluding hydrogens is 410 g/mol. The minimum absolute atomic E-state index is 0.0103. The number of rotatable bonds is 5. The van der Waals surface area contributed by atoms with Crippen LogP contribution in [0.15, 0.2) is 54.9 Å². The number of benzene rings is 1. The smallest absolute Gasteiger partial charge is 0.255 e. The SMILES string of the molecule is Fc1ncccc1Oc1ncccc1CNC(=S)Nc1cccc(Cl)c1Cl. The van der Waals surface area contributed by atoms with Gasteiger partial charge in [0.15, 0.2) is 10.9 Å². The third kappa shape index (κ3) is 5.03. The Balaban J connectivity index is 1.67. The van der Waals surface area contributed by atoms with Crippen molar-refractivity contribution < 1.29 is 9.13 Å². The van der Waals surface area contributed by atoms with E-state index in [9.17, 15) is 4.39 Å². The highest BCUT2D eigenvalue weighted by molar-refractivity contribution is 7.80. The highest BCUT2D eigenvalue weighted by Crippen LogP contribution is 2.29. The Bertz CT molecular complexity index is 974. The van der Waals surface area contributed by atoms with E-state index in [0.29, 0.717) is 33.0 Å². The topological polar surface area (TPSA) is 59.1 Å². The zero-order valence-corrected chi connectivity index (χ0v) is 16.1. The molecule has 0 atom stereocenters. The number of thiocarbonyl (C=S) groups is 1. The first-order valence-corrected chi connectivity index (χ1v) is 8.92. The number of anilines is 1. The summed E-state index contributed by atoms with van der Waals surface area (Å²) in [5.41, 5.74) is 1.27. The quantitative estimate of drug-likeness (QED) is 0.435. The summed E-state index contributed by atoms with van der Waals surface area (Å²) in [6, 6.07) is 11.8. The number of pyridine rings is 2. The van der Waals surface area contributed by atoms with Crippen molar-refractivity contribution in [3.05, 3.63) is 76.4 Å². The lowest BCUT2D eigenvalue weighted by atomic mass is 10.2. The molecule has 0 fully saturated rings. The van der Waals surface area contributed by atoms with Crippen LogP contribution in [-0.2, 0) is 6.54 Å². The molecule has 2 aromatic heterocycles. The van der Waals surface area contributed by atoms with Gasteiger partial charge in [0.05, 0.1) is 15.7 Å². The molecule has 3 rings (SSSR count). The van der Waals surface area contributed by atoms with E-state index in [1.165, 1.54) is 12.3 Å². The van der Waals surface area contributed by atoms with E-state index in [-0.39, 0.29) is 11.6 Å². The third-order valence-electron chi connectivity index (χ3n) is 3.42. The Labute approximate surface area is 170 Å². The first kappa shape index (κ1) is 19.3. The molecule has 0 unspecified atom stereocenters. The maximum atomic E-state index is 13.7. The van der Waals surface area contributed by atoms with Gasteiger partial charge in [0.25, 0.3) is 5.95 Å². The van der Waals surface area contributed by atoms with Crippen molar-refractivity contribution >= 4 is 46.2 Å². The molecule has 0 amide bonds. The molecule has 2 heterocycles. The van der Waals surface area contributed by atoms with Crippen molar-refractivity contribution in [2.75, 3.05) is 5.32 Å². The van der Waals surface area contributed by atoms with Gasteiger partial charge in [0.1, 0.15) is 0 Å². The summed E-state index contributed by atoms with van der Waals surface area (Å²) in [7, 11) is 0. The van der Waals surface area contributed by atoms with Gasteiger partial charge in [-0.05, 0) is 42.5 Å². The maximum Gasteiger partial charge on any atom is 0.255 e. The summed E-state index contributed by atoms with van der Waals surface area (Å²) < 4.78 is 19.2. The largest absolute Gasteiger partial charge is 0.434 e. The van der Waals surface area contributed by atoms with E-state index in [2.05, 4.69) is 20.6 Å². The predicted octanol–water partition coefficient (Wildman–Crippen LogP) is 5.20. The molecule has 138 valence electrons. The first-order valence-electron chi connectivity index (χ1n) is 7.75. The van der Waals surface area contributed by atoms with Crippen LogP contribution in [0.1, 0.15) is 5.56 Å². The van der Waals surface area contributed by atoms with Gasteiger partial charge >= 0.3 is 0 Å². The van der Waals surface area contributed by atoms with Crippen LogP contribution < -0.4 is 15.4 Å². The number of aromatic nitrogens is 2. The van der Waals surface area contributed by atoms with Crippen molar-refractivity contribution in [1.82, 2.24) is 15.3 Å². The van der Waals surface area contributed by atoms with Gasteiger partial charge in [-0.3, -0.25) is 0 Å². The van der Waals surface area contributed by atoms with Crippen LogP contribution in [0.4, 0.5) is 10.1 Å². The van der Waals surface area contributed by atoms with Crippen molar-refractivity contribution in [1.29, 1.82) is 0 Å². The van der Waals surface area contributed by atoms with Gasteiger partial charge in [-0.25, -0.2) is 9.97 Å². The van der Waals surface area contributed by atoms with Gasteiger partial charge in [-0.15, -0.1) is 0 Å². The van der Waals surface area contributed by atoms with Crippen molar-refractivity contribution in [3.63, 3.8) is 0 Å². The number of nitrogens with one attached hydrogen (secondary N) is 2. The fraction of sp³-hybridized carbons (Fsp3) is 0.0556. The third-order valence-corrected chi connectivity index (χ3v) is 4.49. The molecule has 0 radical (unpaired) electrons. The number of nitrogens with zero attached hydrogens (tertiary/aromatic N) is 2. The summed E-state index contributed by atoms with van der Waals surface area (Å²) in [6.45, 7) is 0.301. The highest BCUT2D eigenvalue weighted by Gasteiger charge is 2.11. The number of hydrogen-bond donors (Lipinski definition) is 2. The standard InChI is InChI=1S/C18H13Cl2FN4OS/c19-12-5-1-6-13(15(12)20)25-18(27)24-10-11-4-2-9-23-17(11)26-14-7-3-8-22-16(14)21/h1-9H,10H2,(H2,24,25,27). The van der Waals surface area contributed by atoms with E-state index < -0.39 is 5.95 Å². The molecule has 9 heteroatoms. The number of halogens is 3. The normalized spacial score (nSPS) is 10.3. The lowest BCUT2D eigenvalue weighted by molar-refractivity contribution is 0.411. The van der Waals surface area contributed by atoms with Crippen LogP contribution in [-0.4, -0.2) is 15.1 Å². The van der Waals surface area contributed by atoms with Crippen LogP contribution in [0.3, 0.4) is 0 Å². The molecule has 2 N–H and O–H groups in total. The second-order valence-corrected chi connectivity index (χ2v) is 6.46. The van der Waals surface area contributed by atoms with E-state index in [1.807, 2.05) is 0 Å². The Morgan fingerprint density at radius 2 is 1.85 bits per heavy atom. The summed E-state index contributed by atoms with van der Waals surface area (Å²) in [4.78, 5) is 7.70. The lowest BCUT2D eigenvalue weighted by Gasteiger charge is -2.14. The fourth-order valence-corrected chi connectivity index (χ4v) is 2.67. The molecule has 5 nitrogen and oxygen atoms in total. The van der Waals surface area contributed by atoms with Crippen molar-refractivity contribution in [2.45, 2.75) is 6.54 Å². The van der Waals surface area contributed by atoms with E-state index in [0.717, 1.165) is 0 Å². The van der Waals surface area contributed by atoms with Crippen LogP contribution >= 0.6 is 35.4 Å². The second kappa shape index (κ2) is 8.94. The molecule has 0 saturated carbocycles. The second-order valence-electron chi connectivity index (χ2n) is 5.27. The Hall–Kier alpha value is -2.48. The van der Waals surface area contributed by atoms with Crippen LogP contribution in [0.2, 0.25) is 10.0 Å². The van der Waals surface area contributed by atoms with Crippen LogP contribution in [0.5, 0.6) is 11.6 Å². The van der Waals surface area contributed by atoms with Gasteiger partial charge in [0.2, 0.25) is 5.88 Å². The maximum absolute atomic E-state index is 13.7. The van der Waals surface area contributed by atoms with Gasteiger partial charge in [0, 0.05) is 24.5 Å². The Kier molecular flexibility index (Phi) is 6.39. The van der Waals surface area contributed by atoms with Gasteiger partial charge < -0.3 is 15.4 Å². The molecule has 0 spiro atoms. The first-order chi connectivity index (χ1) is 13.0. The fourth-order valence-electron chi connectivity index (χ4n) is 2.14. The number of hydrogen-bond acceptors (Lipinski definition) is 4. The van der Waals surface area contributed by atoms with E-state index in [4.69, 9.17) is 40.2 Å². The summed E-state index contributed by atoms with van der Waals surface area (Å²) in [5.74, 6) is -0.473. The molecule has 0 bridgehead atoms. The average molecular weight is 423 g/mol. The zero-order chi connectivity index (χ0) is 19.2. The van der Waals surface area contributed by atoms with Gasteiger partial charge in [-0.1, -0.05) is 35.3 Å². The Morgan fingerprint density at radius 1 is 1.07 bits per heavy atom. The van der Waals surface area contributed by atoms with Crippen molar-refractivity contribution in [3.8, 4) is 11.6 Å².